The average Bonchev–Trinajstić information content (AvgIpc) is 3.24. The molecule has 1 saturated carbocycles. The largest absolute Gasteiger partial charge is 0.392 e. The molecule has 3 rings (SSSR count). The van der Waals surface area contributed by atoms with E-state index in [1.54, 1.807) is 24.3 Å². The summed E-state index contributed by atoms with van der Waals surface area (Å²) in [6.07, 6.45) is 7.99. The molecule has 2 aliphatic rings. The monoisotopic (exact) mass is 568 g/mol. The van der Waals surface area contributed by atoms with Crippen LogP contribution in [-0.2, 0) is 30.6 Å². The molecule has 1 fully saturated rings. The molecule has 11 nitrogen and oxygen atoms in total. The summed E-state index contributed by atoms with van der Waals surface area (Å²) in [5, 5.41) is 14.6. The minimum Gasteiger partial charge on any atom is -0.392 e. The Kier molecular flexibility index (Phi) is 11.8. The molecule has 1 heterocycles. The summed E-state index contributed by atoms with van der Waals surface area (Å²) in [5.74, 6) is -1.94. The number of ketones is 2. The van der Waals surface area contributed by atoms with Crippen LogP contribution in [0.2, 0.25) is 0 Å². The van der Waals surface area contributed by atoms with Gasteiger partial charge in [0.2, 0.25) is 5.91 Å². The maximum absolute atomic E-state index is 13.5. The van der Waals surface area contributed by atoms with E-state index in [4.69, 9.17) is 5.73 Å². The summed E-state index contributed by atoms with van der Waals surface area (Å²) in [6.45, 7) is 0.497. The van der Waals surface area contributed by atoms with Gasteiger partial charge in [0.15, 0.2) is 0 Å². The van der Waals surface area contributed by atoms with Gasteiger partial charge in [0.25, 0.3) is 11.8 Å². The zero-order valence-corrected chi connectivity index (χ0v) is 23.4. The van der Waals surface area contributed by atoms with E-state index in [-0.39, 0.29) is 55.3 Å². The number of hydrogen-bond acceptors (Lipinski definition) is 7. The summed E-state index contributed by atoms with van der Waals surface area (Å²) >= 11 is 0. The number of primary amides is 1. The number of anilines is 1. The minimum absolute atomic E-state index is 0.0746. The number of imide groups is 1. The minimum atomic E-state index is -1.05. The van der Waals surface area contributed by atoms with Gasteiger partial charge in [-0.1, -0.05) is 31.4 Å². The number of urea groups is 1. The van der Waals surface area contributed by atoms with E-state index in [0.29, 0.717) is 56.3 Å². The van der Waals surface area contributed by atoms with Crippen molar-refractivity contribution in [2.75, 3.05) is 18.4 Å². The van der Waals surface area contributed by atoms with Gasteiger partial charge < -0.3 is 21.5 Å². The number of nitrogens with one attached hydrogen (secondary N) is 2. The van der Waals surface area contributed by atoms with Crippen molar-refractivity contribution in [3.63, 3.8) is 0 Å². The van der Waals surface area contributed by atoms with E-state index in [9.17, 15) is 33.9 Å². The Morgan fingerprint density at radius 2 is 1.59 bits per heavy atom. The summed E-state index contributed by atoms with van der Waals surface area (Å²) in [6, 6.07) is 6.06. The second-order valence-electron chi connectivity index (χ2n) is 10.8. The quantitative estimate of drug-likeness (QED) is 0.120. The summed E-state index contributed by atoms with van der Waals surface area (Å²) in [5.41, 5.74) is 5.31. The molecular weight excluding hydrogens is 528 g/mol. The zero-order valence-electron chi connectivity index (χ0n) is 23.4. The molecule has 11 heteroatoms. The first-order valence-electron chi connectivity index (χ1n) is 14.3. The molecule has 1 aliphatic carbocycles. The van der Waals surface area contributed by atoms with Crippen molar-refractivity contribution in [2.24, 2.45) is 17.1 Å². The maximum atomic E-state index is 13.5. The molecule has 0 unspecified atom stereocenters. The Morgan fingerprint density at radius 1 is 0.927 bits per heavy atom. The highest BCUT2D eigenvalue weighted by Gasteiger charge is 2.49. The van der Waals surface area contributed by atoms with Gasteiger partial charge in [0.1, 0.15) is 11.6 Å². The number of nitrogens with two attached hydrogens (primary N) is 1. The lowest BCUT2D eigenvalue weighted by Crippen LogP contribution is -2.46. The molecule has 1 aromatic rings. The number of nitrogens with zero attached hydrogens (tertiary/aromatic N) is 1. The first-order valence-corrected chi connectivity index (χ1v) is 14.3. The third kappa shape index (κ3) is 8.81. The molecule has 222 valence electrons. The standard InChI is InChI=1S/C30H40N4O7/c31-29(41)32-17-5-7-22(28(40)33-23-11-9-21(20-35)10-12-23)19-25(37)30(15-6-16-30)24(36)8-3-1-2-4-18-34-26(38)13-14-27(34)39/h9-14,22,35H,1-8,15-20H2,(H,33,40)(H3,31,32,41)/t22-/m1/s1. The van der Waals surface area contributed by atoms with E-state index >= 15 is 0 Å². The second-order valence-corrected chi connectivity index (χ2v) is 10.8. The lowest BCUT2D eigenvalue weighted by molar-refractivity contribution is -0.148. The van der Waals surface area contributed by atoms with Crippen LogP contribution >= 0.6 is 0 Å². The van der Waals surface area contributed by atoms with Gasteiger partial charge in [0, 0.05) is 49.7 Å². The van der Waals surface area contributed by atoms with Gasteiger partial charge in [-0.2, -0.15) is 0 Å². The summed E-state index contributed by atoms with van der Waals surface area (Å²) in [7, 11) is 0. The van der Waals surface area contributed by atoms with E-state index in [2.05, 4.69) is 10.6 Å². The molecule has 5 N–H and O–H groups in total. The summed E-state index contributed by atoms with van der Waals surface area (Å²) in [4.78, 5) is 75.4. The van der Waals surface area contributed by atoms with Gasteiger partial charge in [-0.25, -0.2) is 4.79 Å². The van der Waals surface area contributed by atoms with Crippen molar-refractivity contribution >= 4 is 41.0 Å². The molecule has 0 bridgehead atoms. The van der Waals surface area contributed by atoms with E-state index in [0.717, 1.165) is 19.3 Å². The van der Waals surface area contributed by atoms with E-state index in [1.807, 2.05) is 0 Å². The van der Waals surface area contributed by atoms with Gasteiger partial charge in [0.05, 0.1) is 12.0 Å². The Balaban J connectivity index is 1.52. The van der Waals surface area contributed by atoms with Gasteiger partial charge in [-0.05, 0) is 56.2 Å². The first kappa shape index (κ1) is 31.7. The fourth-order valence-electron chi connectivity index (χ4n) is 5.29. The highest BCUT2D eigenvalue weighted by molar-refractivity contribution is 6.13. The van der Waals surface area contributed by atoms with Crippen LogP contribution in [0.3, 0.4) is 0 Å². The lowest BCUT2D eigenvalue weighted by atomic mass is 9.61. The Morgan fingerprint density at radius 3 is 2.17 bits per heavy atom. The normalized spacial score (nSPS) is 16.3. The molecule has 0 aromatic heterocycles. The fourth-order valence-corrected chi connectivity index (χ4v) is 5.29. The molecule has 1 atom stereocenters. The van der Waals surface area contributed by atoms with Crippen LogP contribution in [0.4, 0.5) is 10.5 Å². The van der Waals surface area contributed by atoms with Crippen LogP contribution in [0.25, 0.3) is 0 Å². The Labute approximate surface area is 239 Å². The van der Waals surface area contributed by atoms with Crippen LogP contribution < -0.4 is 16.4 Å². The molecule has 1 aromatic carbocycles. The average molecular weight is 569 g/mol. The van der Waals surface area contributed by atoms with Crippen LogP contribution in [0.1, 0.15) is 76.2 Å². The molecule has 41 heavy (non-hydrogen) atoms. The predicted molar refractivity (Wildman–Crippen MR) is 151 cm³/mol. The molecule has 5 amide bonds. The van der Waals surface area contributed by atoms with Crippen LogP contribution in [-0.4, -0.2) is 58.4 Å². The van der Waals surface area contributed by atoms with Gasteiger partial charge in [-0.15, -0.1) is 0 Å². The third-order valence-electron chi connectivity index (χ3n) is 7.95. The van der Waals surface area contributed by atoms with Crippen molar-refractivity contribution < 1.29 is 33.9 Å². The van der Waals surface area contributed by atoms with E-state index in [1.165, 1.54) is 17.1 Å². The number of carbonyl (C=O) groups excluding carboxylic acids is 6. The van der Waals surface area contributed by atoms with Crippen molar-refractivity contribution in [1.29, 1.82) is 0 Å². The van der Waals surface area contributed by atoms with Crippen molar-refractivity contribution in [3.05, 3.63) is 42.0 Å². The Hall–Kier alpha value is -3.86. The topological polar surface area (TPSA) is 176 Å². The number of aliphatic hydroxyl groups excluding tert-OH is 1. The molecule has 0 saturated heterocycles. The number of aliphatic hydroxyl groups is 1. The van der Waals surface area contributed by atoms with Gasteiger partial charge in [-0.3, -0.25) is 28.9 Å². The number of carbonyl (C=O) groups is 6. The molecular formula is C30H40N4O7. The molecule has 0 spiro atoms. The zero-order chi connectivity index (χ0) is 29.8. The fraction of sp³-hybridized carbons (Fsp3) is 0.533. The number of rotatable bonds is 18. The van der Waals surface area contributed by atoms with Crippen LogP contribution in [0.5, 0.6) is 0 Å². The highest BCUT2D eigenvalue weighted by Crippen LogP contribution is 2.45. The number of hydrogen-bond donors (Lipinski definition) is 4. The van der Waals surface area contributed by atoms with Gasteiger partial charge >= 0.3 is 6.03 Å². The second kappa shape index (κ2) is 15.2. The summed E-state index contributed by atoms with van der Waals surface area (Å²) < 4.78 is 0. The SMILES string of the molecule is NC(=O)NCCC[C@H](CC(=O)C1(C(=O)CCCCCCN2C(=O)C=CC2=O)CCC1)C(=O)Nc1ccc(CO)cc1. The van der Waals surface area contributed by atoms with Crippen LogP contribution in [0.15, 0.2) is 36.4 Å². The lowest BCUT2D eigenvalue weighted by Gasteiger charge is -2.39. The van der Waals surface area contributed by atoms with Crippen molar-refractivity contribution in [1.82, 2.24) is 10.2 Å². The number of Topliss-reactive ketones (excluding diaryl/α,β-unsaturated/α-hetero) is 2. The first-order chi connectivity index (χ1) is 19.7. The third-order valence-corrected chi connectivity index (χ3v) is 7.95. The number of benzene rings is 1. The van der Waals surface area contributed by atoms with Crippen LogP contribution in [0, 0.1) is 11.3 Å². The molecule has 1 aliphatic heterocycles. The van der Waals surface area contributed by atoms with E-state index < -0.39 is 17.4 Å². The molecule has 0 radical (unpaired) electrons. The van der Waals surface area contributed by atoms with Crippen molar-refractivity contribution in [2.45, 2.75) is 77.2 Å². The Bertz CT molecular complexity index is 1140. The number of amides is 5. The predicted octanol–water partition coefficient (Wildman–Crippen LogP) is 2.76. The smallest absolute Gasteiger partial charge is 0.312 e. The maximum Gasteiger partial charge on any atom is 0.312 e. The highest BCUT2D eigenvalue weighted by atomic mass is 16.3. The number of unbranched alkanes of at least 4 members (excludes halogenated alkanes) is 3. The van der Waals surface area contributed by atoms with Crippen molar-refractivity contribution in [3.8, 4) is 0 Å².